The van der Waals surface area contributed by atoms with Crippen LogP contribution in [-0.4, -0.2) is 83.7 Å². The molecular weight excluding hydrogens is 418 g/mol. The zero-order valence-corrected chi connectivity index (χ0v) is 16.7. The van der Waals surface area contributed by atoms with Crippen LogP contribution in [0.15, 0.2) is 11.4 Å². The number of nitrogens with one attached hydrogen (secondary N) is 1. The number of ether oxygens (including phenoxy) is 1. The Hall–Kier alpha value is -2.68. The number of carbonyl (C=O) groups is 1. The van der Waals surface area contributed by atoms with Crippen molar-refractivity contribution in [2.24, 2.45) is 5.11 Å². The number of aliphatic carboxylic acids is 1. The number of imidazole rings is 1. The molecule has 1 aliphatic heterocycles. The maximum Gasteiger partial charge on any atom is 0.320 e. The summed E-state index contributed by atoms with van der Waals surface area (Å²) in [5, 5.41) is 36.6. The van der Waals surface area contributed by atoms with Crippen LogP contribution in [0.3, 0.4) is 0 Å². The molecule has 14 nitrogen and oxygen atoms in total. The molecule has 15 heteroatoms. The predicted octanol–water partition coefficient (Wildman–Crippen LogP) is -0.235. The number of aliphatic hydroxyl groups excluding tert-OH is 2. The van der Waals surface area contributed by atoms with Gasteiger partial charge in [-0.2, -0.15) is 11.8 Å². The Balaban J connectivity index is 1.85. The number of azide groups is 1. The molecule has 0 spiro atoms. The number of nitrogens with two attached hydrogens (primary N) is 1. The Morgan fingerprint density at radius 3 is 2.93 bits per heavy atom. The van der Waals surface area contributed by atoms with Crippen LogP contribution >= 0.6 is 11.8 Å². The molecular formula is C15H21N9O5S. The van der Waals surface area contributed by atoms with E-state index in [4.69, 9.17) is 16.0 Å². The molecule has 0 amide bonds. The average Bonchev–Trinajstić information content (AvgIpc) is 3.21. The molecule has 0 aliphatic carbocycles. The van der Waals surface area contributed by atoms with Crippen molar-refractivity contribution < 1.29 is 24.9 Å². The molecule has 1 fully saturated rings. The number of carboxylic acid groups (broad SMARTS) is 1. The Morgan fingerprint density at radius 2 is 2.27 bits per heavy atom. The molecule has 1 saturated heterocycles. The van der Waals surface area contributed by atoms with E-state index in [2.05, 4.69) is 30.3 Å². The smallest absolute Gasteiger partial charge is 0.320 e. The summed E-state index contributed by atoms with van der Waals surface area (Å²) in [6, 6.07) is -0.829. The van der Waals surface area contributed by atoms with Gasteiger partial charge < -0.3 is 31.1 Å². The molecule has 5 atom stereocenters. The summed E-state index contributed by atoms with van der Waals surface area (Å²) in [7, 11) is 0. The lowest BCUT2D eigenvalue weighted by molar-refractivity contribution is -0.139. The Labute approximate surface area is 174 Å². The molecule has 0 bridgehead atoms. The third-order valence-electron chi connectivity index (χ3n) is 4.69. The fourth-order valence-corrected chi connectivity index (χ4v) is 3.65. The number of aliphatic hydroxyl groups is 2. The van der Waals surface area contributed by atoms with E-state index in [-0.39, 0.29) is 29.5 Å². The van der Waals surface area contributed by atoms with E-state index < -0.39 is 36.6 Å². The van der Waals surface area contributed by atoms with Gasteiger partial charge in [0.05, 0.1) is 0 Å². The van der Waals surface area contributed by atoms with Gasteiger partial charge >= 0.3 is 5.97 Å². The lowest BCUT2D eigenvalue weighted by Crippen LogP contribution is -2.44. The van der Waals surface area contributed by atoms with Gasteiger partial charge in [-0.05, 0) is 29.1 Å². The van der Waals surface area contributed by atoms with Gasteiger partial charge in [-0.1, -0.05) is 0 Å². The van der Waals surface area contributed by atoms with Crippen molar-refractivity contribution in [1.82, 2.24) is 24.8 Å². The SMILES string of the molecule is CSCC[C@H](NC[C@H]1O[C@@H](n2c(N=[N+]=[N-])nc3c(N)ncnc32)[C@H](O)[C@@H]1O)C(=O)O. The molecule has 0 radical (unpaired) electrons. The second kappa shape index (κ2) is 9.42. The Kier molecular flexibility index (Phi) is 6.91. The molecule has 2 aromatic rings. The summed E-state index contributed by atoms with van der Waals surface area (Å²) in [5.74, 6) is -0.515. The molecule has 0 aromatic carbocycles. The maximum absolute atomic E-state index is 11.4. The highest BCUT2D eigenvalue weighted by Gasteiger charge is 2.45. The number of fused-ring (bicyclic) bond motifs is 1. The van der Waals surface area contributed by atoms with Gasteiger partial charge in [0.15, 0.2) is 23.2 Å². The summed E-state index contributed by atoms with van der Waals surface area (Å²) in [6.45, 7) is -0.0271. The number of aromatic nitrogens is 4. The van der Waals surface area contributed by atoms with Gasteiger partial charge in [0.2, 0.25) is 5.95 Å². The van der Waals surface area contributed by atoms with Crippen molar-refractivity contribution in [3.63, 3.8) is 0 Å². The van der Waals surface area contributed by atoms with Crippen molar-refractivity contribution >= 4 is 40.7 Å². The van der Waals surface area contributed by atoms with Gasteiger partial charge in [-0.3, -0.25) is 9.36 Å². The molecule has 162 valence electrons. The number of anilines is 1. The summed E-state index contributed by atoms with van der Waals surface area (Å²) >= 11 is 1.52. The van der Waals surface area contributed by atoms with Gasteiger partial charge in [0, 0.05) is 11.5 Å². The highest BCUT2D eigenvalue weighted by molar-refractivity contribution is 7.98. The number of thioether (sulfide) groups is 1. The minimum absolute atomic E-state index is 0.0271. The molecule has 3 rings (SSSR count). The van der Waals surface area contributed by atoms with E-state index in [1.54, 1.807) is 0 Å². The first-order chi connectivity index (χ1) is 14.4. The number of rotatable bonds is 9. The number of nitrogen functional groups attached to an aromatic ring is 1. The second-order valence-corrected chi connectivity index (χ2v) is 7.51. The second-order valence-electron chi connectivity index (χ2n) is 6.53. The van der Waals surface area contributed by atoms with E-state index in [1.165, 1.54) is 22.7 Å². The van der Waals surface area contributed by atoms with Crippen molar-refractivity contribution in [3.05, 3.63) is 16.8 Å². The summed E-state index contributed by atoms with van der Waals surface area (Å²) < 4.78 is 7.00. The van der Waals surface area contributed by atoms with Crippen LogP contribution in [0, 0.1) is 0 Å². The molecule has 1 aliphatic rings. The number of hydrogen-bond donors (Lipinski definition) is 5. The summed E-state index contributed by atoms with van der Waals surface area (Å²) in [4.78, 5) is 26.1. The van der Waals surface area contributed by atoms with Gasteiger partial charge in [-0.25, -0.2) is 15.0 Å². The minimum atomic E-state index is -1.42. The molecule has 2 aromatic heterocycles. The van der Waals surface area contributed by atoms with Crippen molar-refractivity contribution in [2.75, 3.05) is 24.3 Å². The van der Waals surface area contributed by atoms with E-state index in [1.807, 2.05) is 6.26 Å². The lowest BCUT2D eigenvalue weighted by Gasteiger charge is -2.19. The maximum atomic E-state index is 11.4. The first-order valence-corrected chi connectivity index (χ1v) is 10.3. The fraction of sp³-hybridized carbons (Fsp3) is 0.600. The average molecular weight is 439 g/mol. The quantitative estimate of drug-likeness (QED) is 0.195. The van der Waals surface area contributed by atoms with Crippen LogP contribution < -0.4 is 11.1 Å². The molecule has 30 heavy (non-hydrogen) atoms. The van der Waals surface area contributed by atoms with Gasteiger partial charge in [0.25, 0.3) is 0 Å². The molecule has 6 N–H and O–H groups in total. The zero-order valence-electron chi connectivity index (χ0n) is 15.9. The largest absolute Gasteiger partial charge is 0.480 e. The highest BCUT2D eigenvalue weighted by atomic mass is 32.2. The van der Waals surface area contributed by atoms with Crippen LogP contribution in [0.5, 0.6) is 0 Å². The van der Waals surface area contributed by atoms with Gasteiger partial charge in [0.1, 0.15) is 30.7 Å². The third kappa shape index (κ3) is 4.26. The van der Waals surface area contributed by atoms with Crippen LogP contribution in [0.1, 0.15) is 12.6 Å². The highest BCUT2D eigenvalue weighted by Crippen LogP contribution is 2.36. The lowest BCUT2D eigenvalue weighted by atomic mass is 10.1. The fourth-order valence-electron chi connectivity index (χ4n) is 3.18. The Morgan fingerprint density at radius 1 is 1.50 bits per heavy atom. The van der Waals surface area contributed by atoms with E-state index in [0.717, 1.165) is 0 Å². The Bertz CT molecular complexity index is 965. The first-order valence-electron chi connectivity index (χ1n) is 8.89. The topological polar surface area (TPSA) is 217 Å². The van der Waals surface area contributed by atoms with E-state index >= 15 is 0 Å². The first kappa shape index (κ1) is 22.0. The number of nitrogens with zero attached hydrogens (tertiary/aromatic N) is 7. The molecule has 0 unspecified atom stereocenters. The molecule has 3 heterocycles. The summed E-state index contributed by atoms with van der Waals surface area (Å²) in [5.41, 5.74) is 14.9. The number of hydrogen-bond acceptors (Lipinski definition) is 11. The standard InChI is InChI=1S/C15H21N9O5S/c1-30-3-2-6(14(27)28)18-4-7-9(25)10(26)13(29-7)24-12-8(11(16)19-5-20-12)21-15(24)22-23-17/h5-7,9-10,13,18,25-26H,2-4H2,1H3,(H,27,28)(H2,16,19,20)/t6-,7+,9+,10+,13+/m0/s1. The monoisotopic (exact) mass is 439 g/mol. The molecule has 0 saturated carbocycles. The van der Waals surface area contributed by atoms with Crippen molar-refractivity contribution in [1.29, 1.82) is 0 Å². The van der Waals surface area contributed by atoms with E-state index in [9.17, 15) is 20.1 Å². The van der Waals surface area contributed by atoms with Crippen LogP contribution in [0.25, 0.3) is 21.6 Å². The van der Waals surface area contributed by atoms with Crippen LogP contribution in [0.2, 0.25) is 0 Å². The van der Waals surface area contributed by atoms with Crippen molar-refractivity contribution in [2.45, 2.75) is 37.0 Å². The van der Waals surface area contributed by atoms with Crippen molar-refractivity contribution in [3.8, 4) is 0 Å². The predicted molar refractivity (Wildman–Crippen MR) is 107 cm³/mol. The van der Waals surface area contributed by atoms with Crippen LogP contribution in [0.4, 0.5) is 11.8 Å². The third-order valence-corrected chi connectivity index (χ3v) is 5.33. The summed E-state index contributed by atoms with van der Waals surface area (Å²) in [6.07, 6.45) is -1.46. The number of carboxylic acids is 1. The normalized spacial score (nSPS) is 24.6. The minimum Gasteiger partial charge on any atom is -0.480 e. The van der Waals surface area contributed by atoms with Gasteiger partial charge in [-0.15, -0.1) is 0 Å². The van der Waals surface area contributed by atoms with Crippen LogP contribution in [-0.2, 0) is 9.53 Å². The van der Waals surface area contributed by atoms with E-state index in [0.29, 0.717) is 12.2 Å². The zero-order chi connectivity index (χ0) is 21.8.